The molecule has 2 N–H and O–H groups in total. The summed E-state index contributed by atoms with van der Waals surface area (Å²) in [5.41, 5.74) is 1.18. The highest BCUT2D eigenvalue weighted by Crippen LogP contribution is 2.15. The van der Waals surface area contributed by atoms with Gasteiger partial charge in [0.05, 0.1) is 0 Å². The third-order valence-corrected chi connectivity index (χ3v) is 2.56. The number of benzene rings is 1. The average molecular weight is 239 g/mol. The molecule has 18 heavy (non-hydrogen) atoms. The Labute approximate surface area is 102 Å². The maximum Gasteiger partial charge on any atom is 0.192 e. The van der Waals surface area contributed by atoms with Crippen molar-refractivity contribution in [3.8, 4) is 11.4 Å². The van der Waals surface area contributed by atoms with Gasteiger partial charge in [-0.2, -0.15) is 0 Å². The van der Waals surface area contributed by atoms with Crippen LogP contribution < -0.4 is 5.49 Å². The molecule has 0 radical (unpaired) electrons. The summed E-state index contributed by atoms with van der Waals surface area (Å²) in [6.45, 7) is 0. The van der Waals surface area contributed by atoms with Crippen LogP contribution in [0.1, 0.15) is 0 Å². The van der Waals surface area contributed by atoms with Crippen molar-refractivity contribution >= 4 is 11.2 Å². The normalized spacial score (nSPS) is 10.7. The number of hydrogen-bond acceptors (Lipinski definition) is 5. The lowest BCUT2D eigenvalue weighted by molar-refractivity contribution is 0.174. The summed E-state index contributed by atoms with van der Waals surface area (Å²) in [5, 5.41) is 17.8. The molecule has 2 heterocycles. The maximum absolute atomic E-state index is 9.95. The Morgan fingerprint density at radius 1 is 1.06 bits per heavy atom. The molecule has 88 valence electrons. The van der Waals surface area contributed by atoms with E-state index < -0.39 is 0 Å². The van der Waals surface area contributed by atoms with Crippen molar-refractivity contribution in [1.82, 2.24) is 19.7 Å². The number of fused-ring (bicyclic) bond motifs is 1. The minimum absolute atomic E-state index is 0.132. The van der Waals surface area contributed by atoms with Crippen molar-refractivity contribution in [2.45, 2.75) is 0 Å². The minimum Gasteiger partial charge on any atom is -0.425 e. The molecular weight excluding hydrogens is 230 g/mol. The molecule has 6 heteroatoms. The monoisotopic (exact) mass is 239 g/mol. The van der Waals surface area contributed by atoms with Gasteiger partial charge in [-0.05, 0) is 0 Å². The van der Waals surface area contributed by atoms with Crippen LogP contribution >= 0.6 is 0 Å². The van der Waals surface area contributed by atoms with Gasteiger partial charge in [0.2, 0.25) is 0 Å². The van der Waals surface area contributed by atoms with Crippen LogP contribution in [0, 0.1) is 5.41 Å². The Morgan fingerprint density at radius 2 is 1.78 bits per heavy atom. The Kier molecular flexibility index (Phi) is 2.26. The quantitative estimate of drug-likeness (QED) is 0.625. The number of hydrogen-bond donors (Lipinski definition) is 2. The van der Waals surface area contributed by atoms with Crippen LogP contribution in [0.3, 0.4) is 0 Å². The van der Waals surface area contributed by atoms with Crippen LogP contribution in [-0.4, -0.2) is 24.9 Å². The molecule has 0 bridgehead atoms. The van der Waals surface area contributed by atoms with E-state index in [1.54, 1.807) is 12.1 Å². The van der Waals surface area contributed by atoms with E-state index in [0.717, 1.165) is 0 Å². The first-order chi connectivity index (χ1) is 8.77. The van der Waals surface area contributed by atoms with Crippen LogP contribution in [0.25, 0.3) is 22.6 Å². The fourth-order valence-corrected chi connectivity index (χ4v) is 1.71. The molecule has 3 aromatic rings. The Hall–Kier alpha value is -2.76. The molecule has 2 aromatic heterocycles. The van der Waals surface area contributed by atoms with Crippen molar-refractivity contribution in [3.05, 3.63) is 48.2 Å². The molecular formula is C12H9N5O. The van der Waals surface area contributed by atoms with Crippen molar-refractivity contribution in [1.29, 1.82) is 5.41 Å². The smallest absolute Gasteiger partial charge is 0.192 e. The maximum atomic E-state index is 9.95. The van der Waals surface area contributed by atoms with Gasteiger partial charge in [-0.3, -0.25) is 5.41 Å². The van der Waals surface area contributed by atoms with Crippen LogP contribution in [-0.2, 0) is 0 Å². The van der Waals surface area contributed by atoms with E-state index in [1.165, 1.54) is 12.4 Å². The average Bonchev–Trinajstić information content (AvgIpc) is 2.44. The summed E-state index contributed by atoms with van der Waals surface area (Å²) in [7, 11) is 0. The second-order valence-electron chi connectivity index (χ2n) is 3.69. The molecule has 6 nitrogen and oxygen atoms in total. The molecule has 0 aliphatic carbocycles. The van der Waals surface area contributed by atoms with Crippen molar-refractivity contribution in [2.24, 2.45) is 0 Å². The predicted octanol–water partition coefficient (Wildman–Crippen LogP) is 1.21. The van der Waals surface area contributed by atoms with E-state index in [2.05, 4.69) is 15.0 Å². The van der Waals surface area contributed by atoms with Crippen molar-refractivity contribution in [2.75, 3.05) is 0 Å². The number of nitrogens with zero attached hydrogens (tertiary/aromatic N) is 4. The lowest BCUT2D eigenvalue weighted by atomic mass is 10.2. The zero-order chi connectivity index (χ0) is 12.5. The third-order valence-electron chi connectivity index (χ3n) is 2.56. The molecule has 0 saturated heterocycles. The zero-order valence-corrected chi connectivity index (χ0v) is 9.28. The molecule has 0 amide bonds. The van der Waals surface area contributed by atoms with Gasteiger partial charge in [-0.25, -0.2) is 15.0 Å². The fraction of sp³-hybridized carbons (Fsp3) is 0. The van der Waals surface area contributed by atoms with E-state index in [9.17, 15) is 5.21 Å². The van der Waals surface area contributed by atoms with Gasteiger partial charge in [-0.15, -0.1) is 4.73 Å². The van der Waals surface area contributed by atoms with Gasteiger partial charge in [0.1, 0.15) is 0 Å². The number of nitrogens with one attached hydrogen (secondary N) is 1. The summed E-state index contributed by atoms with van der Waals surface area (Å²) in [6, 6.07) is 9.14. The zero-order valence-electron chi connectivity index (χ0n) is 9.28. The summed E-state index contributed by atoms with van der Waals surface area (Å²) in [5.74, 6) is 0.272. The van der Waals surface area contributed by atoms with Gasteiger partial charge < -0.3 is 5.21 Å². The van der Waals surface area contributed by atoms with E-state index >= 15 is 0 Å². The van der Waals surface area contributed by atoms with E-state index in [4.69, 9.17) is 5.41 Å². The second-order valence-corrected chi connectivity index (χ2v) is 3.69. The topological polar surface area (TPSA) is 87.7 Å². The van der Waals surface area contributed by atoms with Gasteiger partial charge >= 0.3 is 0 Å². The lowest BCUT2D eigenvalue weighted by Crippen LogP contribution is -2.22. The summed E-state index contributed by atoms with van der Waals surface area (Å²) in [6.07, 6.45) is 2.97. The molecule has 3 rings (SSSR count). The summed E-state index contributed by atoms with van der Waals surface area (Å²) in [4.78, 5) is 12.3. The molecule has 0 aliphatic rings. The standard InChI is InChI=1S/C12H9N5O/c13-10-9-11(15-7-6-14-9)16-12(17(10)18)8-4-2-1-3-5-8/h1-7,13,18H. The molecule has 1 aromatic carbocycles. The Balaban J connectivity index is 2.38. The molecule has 0 spiro atoms. The first-order valence-electron chi connectivity index (χ1n) is 5.30. The Bertz CT molecular complexity index is 766. The van der Waals surface area contributed by atoms with E-state index in [-0.39, 0.29) is 16.8 Å². The van der Waals surface area contributed by atoms with Crippen LogP contribution in [0.4, 0.5) is 0 Å². The fourth-order valence-electron chi connectivity index (χ4n) is 1.71. The second kappa shape index (κ2) is 3.92. The molecule has 0 aliphatic heterocycles. The molecule has 0 saturated carbocycles. The highest BCUT2D eigenvalue weighted by molar-refractivity contribution is 5.70. The third kappa shape index (κ3) is 1.51. The SMILES string of the molecule is N=c1c2nccnc2nc(-c2ccccc2)n1O. The van der Waals surface area contributed by atoms with E-state index in [0.29, 0.717) is 15.9 Å². The largest absolute Gasteiger partial charge is 0.425 e. The molecule has 0 unspecified atom stereocenters. The van der Waals surface area contributed by atoms with E-state index in [1.807, 2.05) is 18.2 Å². The number of rotatable bonds is 1. The van der Waals surface area contributed by atoms with Crippen LogP contribution in [0.5, 0.6) is 0 Å². The minimum atomic E-state index is -0.132. The highest BCUT2D eigenvalue weighted by Gasteiger charge is 2.10. The predicted molar refractivity (Wildman–Crippen MR) is 63.8 cm³/mol. The Morgan fingerprint density at radius 3 is 2.56 bits per heavy atom. The lowest BCUT2D eigenvalue weighted by Gasteiger charge is -2.07. The van der Waals surface area contributed by atoms with Gasteiger partial charge in [0, 0.05) is 18.0 Å². The van der Waals surface area contributed by atoms with Crippen molar-refractivity contribution in [3.63, 3.8) is 0 Å². The van der Waals surface area contributed by atoms with Gasteiger partial charge in [0.15, 0.2) is 22.5 Å². The first kappa shape index (κ1) is 10.4. The van der Waals surface area contributed by atoms with Gasteiger partial charge in [-0.1, -0.05) is 30.3 Å². The van der Waals surface area contributed by atoms with Crippen molar-refractivity contribution < 1.29 is 5.21 Å². The highest BCUT2D eigenvalue weighted by atomic mass is 16.5. The van der Waals surface area contributed by atoms with Crippen LogP contribution in [0.2, 0.25) is 0 Å². The molecule has 0 fully saturated rings. The summed E-state index contributed by atoms with van der Waals surface area (Å²) < 4.78 is 0.715. The number of aromatic nitrogens is 4. The van der Waals surface area contributed by atoms with Crippen LogP contribution in [0.15, 0.2) is 42.7 Å². The summed E-state index contributed by atoms with van der Waals surface area (Å²) >= 11 is 0. The first-order valence-corrected chi connectivity index (χ1v) is 5.30. The molecule has 0 atom stereocenters. The van der Waals surface area contributed by atoms with Gasteiger partial charge in [0.25, 0.3) is 0 Å².